The summed E-state index contributed by atoms with van der Waals surface area (Å²) in [6.07, 6.45) is -11.8. The highest BCUT2D eigenvalue weighted by Crippen LogP contribution is 2.46. The van der Waals surface area contributed by atoms with Crippen LogP contribution in [-0.2, 0) is 33.3 Å². The van der Waals surface area contributed by atoms with E-state index in [9.17, 15) is 50.4 Å². The second-order valence-electron chi connectivity index (χ2n) is 8.28. The molecule has 35 heavy (non-hydrogen) atoms. The molecule has 2 saturated heterocycles. The molecule has 0 bridgehead atoms. The molecule has 9 atom stereocenters. The first-order valence-corrected chi connectivity index (χ1v) is 11.1. The summed E-state index contributed by atoms with van der Waals surface area (Å²) in [6, 6.07) is 0. The monoisotopic (exact) mass is 514 g/mol. The smallest absolute Gasteiger partial charge is 0.371 e. The van der Waals surface area contributed by atoms with E-state index in [4.69, 9.17) is 23.7 Å². The summed E-state index contributed by atoms with van der Waals surface area (Å²) in [4.78, 5) is 26.4. The first kappa shape index (κ1) is 29.7. The Morgan fingerprint density at radius 2 is 1.29 bits per heavy atom. The Hall–Kier alpha value is -1.50. The fourth-order valence-electron chi connectivity index (χ4n) is 3.86. The molecule has 2 aliphatic rings. The summed E-state index contributed by atoms with van der Waals surface area (Å²) in [6.45, 7) is -0.739. The molecule has 1 unspecified atom stereocenters. The van der Waals surface area contributed by atoms with Gasteiger partial charge in [-0.15, -0.1) is 0 Å². The number of carbonyl (C=O) groups is 2. The first-order valence-electron chi connectivity index (χ1n) is 11.1. The molecule has 2 aliphatic heterocycles. The molecule has 0 aromatic heterocycles. The molecule has 15 heteroatoms. The van der Waals surface area contributed by atoms with Crippen LogP contribution in [0.1, 0.15) is 26.7 Å². The van der Waals surface area contributed by atoms with Gasteiger partial charge in [-0.25, -0.2) is 9.59 Å². The number of aliphatic hydroxyl groups excluding tert-OH is 7. The Kier molecular flexibility index (Phi) is 9.94. The molecule has 204 valence electrons. The lowest BCUT2D eigenvalue weighted by molar-refractivity contribution is -0.438. The maximum Gasteiger partial charge on any atom is 0.371 e. The van der Waals surface area contributed by atoms with Crippen LogP contribution in [0.5, 0.6) is 0 Å². The van der Waals surface area contributed by atoms with Gasteiger partial charge >= 0.3 is 17.7 Å². The van der Waals surface area contributed by atoms with Crippen LogP contribution in [0.2, 0.25) is 0 Å². The molecule has 0 aliphatic carbocycles. The average molecular weight is 514 g/mol. The summed E-state index contributed by atoms with van der Waals surface area (Å²) in [5, 5.41) is 82.6. The molecule has 2 heterocycles. The Bertz CT molecular complexity index is 735. The van der Waals surface area contributed by atoms with E-state index in [2.05, 4.69) is 0 Å². The summed E-state index contributed by atoms with van der Waals surface area (Å²) in [7, 11) is 0. The standard InChI is InChI=1S/C20H34O15/c1-3-5-31-16(28)19(30)15(27)13(25)11(8-22)34-20(19,17(29)32-6-4-2)35-18(9-23)14(26)12(24)10(7-21)33-18/h10-15,21-27,30H,3-9H2,1-2H3/t10-,11-,12-,13-,14+,15+,18?,19+,20+/m1/s1. The van der Waals surface area contributed by atoms with Crippen molar-refractivity contribution >= 4 is 11.9 Å². The zero-order valence-electron chi connectivity index (χ0n) is 19.3. The molecule has 15 nitrogen and oxygen atoms in total. The highest BCUT2D eigenvalue weighted by atomic mass is 16.8. The fraction of sp³-hybridized carbons (Fsp3) is 0.900. The van der Waals surface area contributed by atoms with Gasteiger partial charge in [-0.3, -0.25) is 4.74 Å². The summed E-state index contributed by atoms with van der Waals surface area (Å²) >= 11 is 0. The van der Waals surface area contributed by atoms with E-state index in [1.165, 1.54) is 0 Å². The molecular weight excluding hydrogens is 480 g/mol. The van der Waals surface area contributed by atoms with Gasteiger partial charge in [-0.1, -0.05) is 13.8 Å². The lowest BCUT2D eigenvalue weighted by Gasteiger charge is -2.53. The predicted molar refractivity (Wildman–Crippen MR) is 109 cm³/mol. The molecule has 2 fully saturated rings. The van der Waals surface area contributed by atoms with Gasteiger partial charge in [-0.2, -0.15) is 0 Å². The van der Waals surface area contributed by atoms with Gasteiger partial charge in [0, 0.05) is 0 Å². The van der Waals surface area contributed by atoms with Crippen molar-refractivity contribution < 1.29 is 74.1 Å². The molecule has 0 radical (unpaired) electrons. The van der Waals surface area contributed by atoms with E-state index in [1.807, 2.05) is 0 Å². The number of hydrogen-bond donors (Lipinski definition) is 8. The van der Waals surface area contributed by atoms with Crippen LogP contribution in [-0.4, -0.2) is 140 Å². The SMILES string of the molecule is CCCOC(=O)[C@@]1(OC2(CO)O[C@H](CO)[C@@H](O)[C@@H]2O)O[C@H](CO)[C@@H](O)[C@H](O)[C@]1(O)C(=O)OCCC. The van der Waals surface area contributed by atoms with Crippen molar-refractivity contribution in [1.29, 1.82) is 0 Å². The van der Waals surface area contributed by atoms with Crippen molar-refractivity contribution in [1.82, 2.24) is 0 Å². The Morgan fingerprint density at radius 3 is 1.74 bits per heavy atom. The number of rotatable bonds is 11. The van der Waals surface area contributed by atoms with Gasteiger partial charge in [0.05, 0.1) is 26.4 Å². The summed E-state index contributed by atoms with van der Waals surface area (Å²) in [5.74, 6) is -9.74. The van der Waals surface area contributed by atoms with Crippen LogP contribution < -0.4 is 0 Å². The minimum absolute atomic E-state index is 0.227. The second-order valence-corrected chi connectivity index (χ2v) is 8.28. The minimum atomic E-state index is -3.61. The third-order valence-corrected chi connectivity index (χ3v) is 5.81. The van der Waals surface area contributed by atoms with Crippen LogP contribution in [0.4, 0.5) is 0 Å². The number of aliphatic hydroxyl groups is 8. The molecule has 0 saturated carbocycles. The van der Waals surface area contributed by atoms with Gasteiger partial charge in [0.25, 0.3) is 5.60 Å². The molecule has 0 amide bonds. The van der Waals surface area contributed by atoms with Crippen molar-refractivity contribution in [3.8, 4) is 0 Å². The molecule has 0 spiro atoms. The zero-order chi connectivity index (χ0) is 26.6. The van der Waals surface area contributed by atoms with E-state index in [0.717, 1.165) is 0 Å². The van der Waals surface area contributed by atoms with Gasteiger partial charge in [-0.05, 0) is 12.8 Å². The fourth-order valence-corrected chi connectivity index (χ4v) is 3.86. The maximum absolute atomic E-state index is 13.3. The van der Waals surface area contributed by atoms with E-state index in [1.54, 1.807) is 13.8 Å². The largest absolute Gasteiger partial charge is 0.463 e. The number of carbonyl (C=O) groups excluding carboxylic acids is 2. The Morgan fingerprint density at radius 1 is 0.800 bits per heavy atom. The van der Waals surface area contributed by atoms with Crippen LogP contribution in [0.15, 0.2) is 0 Å². The van der Waals surface area contributed by atoms with Gasteiger partial charge in [0.2, 0.25) is 5.79 Å². The number of ether oxygens (including phenoxy) is 5. The average Bonchev–Trinajstić information content (AvgIpc) is 3.10. The van der Waals surface area contributed by atoms with Crippen LogP contribution in [0.3, 0.4) is 0 Å². The van der Waals surface area contributed by atoms with E-state index >= 15 is 0 Å². The van der Waals surface area contributed by atoms with Gasteiger partial charge in [0.1, 0.15) is 43.2 Å². The van der Waals surface area contributed by atoms with Crippen molar-refractivity contribution in [3.05, 3.63) is 0 Å². The van der Waals surface area contributed by atoms with Crippen LogP contribution in [0, 0.1) is 0 Å². The third-order valence-electron chi connectivity index (χ3n) is 5.81. The number of esters is 2. The normalized spacial score (nSPS) is 41.5. The predicted octanol–water partition coefficient (Wildman–Crippen LogP) is -4.75. The van der Waals surface area contributed by atoms with Gasteiger partial charge < -0.3 is 59.8 Å². The number of hydrogen-bond acceptors (Lipinski definition) is 15. The highest BCUT2D eigenvalue weighted by Gasteiger charge is 2.77. The lowest BCUT2D eigenvalue weighted by Crippen LogP contribution is -2.81. The molecular formula is C20H34O15. The molecule has 0 aromatic rings. The van der Waals surface area contributed by atoms with Crippen molar-refractivity contribution in [2.75, 3.05) is 33.0 Å². The highest BCUT2D eigenvalue weighted by molar-refractivity contribution is 5.92. The Labute approximate surface area is 200 Å². The van der Waals surface area contributed by atoms with E-state index in [0.29, 0.717) is 0 Å². The van der Waals surface area contributed by atoms with Crippen molar-refractivity contribution in [3.63, 3.8) is 0 Å². The third kappa shape index (κ3) is 4.91. The molecule has 8 N–H and O–H groups in total. The van der Waals surface area contributed by atoms with Crippen LogP contribution >= 0.6 is 0 Å². The topological polar surface area (TPSA) is 242 Å². The lowest BCUT2D eigenvalue weighted by atomic mass is 9.79. The van der Waals surface area contributed by atoms with E-state index < -0.39 is 85.6 Å². The minimum Gasteiger partial charge on any atom is -0.463 e. The Balaban J connectivity index is 2.75. The summed E-state index contributed by atoms with van der Waals surface area (Å²) < 4.78 is 26.0. The first-order chi connectivity index (χ1) is 16.5. The van der Waals surface area contributed by atoms with Crippen molar-refractivity contribution in [2.24, 2.45) is 0 Å². The molecule has 0 aromatic carbocycles. The van der Waals surface area contributed by atoms with Gasteiger partial charge in [0.15, 0.2) is 0 Å². The second kappa shape index (κ2) is 11.7. The molecule has 2 rings (SSSR count). The van der Waals surface area contributed by atoms with E-state index in [-0.39, 0.29) is 26.1 Å². The zero-order valence-corrected chi connectivity index (χ0v) is 19.3. The summed E-state index contributed by atoms with van der Waals surface area (Å²) in [5.41, 5.74) is -3.61. The van der Waals surface area contributed by atoms with Crippen molar-refractivity contribution in [2.45, 2.75) is 80.5 Å². The maximum atomic E-state index is 13.3. The van der Waals surface area contributed by atoms with Crippen LogP contribution in [0.25, 0.3) is 0 Å². The quantitative estimate of drug-likeness (QED) is 0.121.